The molecule has 0 unspecified atom stereocenters. The topological polar surface area (TPSA) is 64.4 Å². The van der Waals surface area contributed by atoms with Crippen LogP contribution >= 0.6 is 0 Å². The monoisotopic (exact) mass is 262 g/mol. The Labute approximate surface area is 113 Å². The molecule has 0 saturated carbocycles. The SMILES string of the molecule is CC#CCOc1ccc(CNC(C)C)cc1[N+](=O)[O-]. The molecule has 0 bridgehead atoms. The summed E-state index contributed by atoms with van der Waals surface area (Å²) in [5.41, 5.74) is 0.829. The molecule has 19 heavy (non-hydrogen) atoms. The van der Waals surface area contributed by atoms with Crippen LogP contribution in [-0.4, -0.2) is 17.6 Å². The minimum Gasteiger partial charge on any atom is -0.474 e. The second kappa shape index (κ2) is 7.39. The van der Waals surface area contributed by atoms with Crippen LogP contribution in [0.3, 0.4) is 0 Å². The summed E-state index contributed by atoms with van der Waals surface area (Å²) in [6, 6.07) is 5.29. The fourth-order valence-electron chi connectivity index (χ4n) is 1.45. The number of benzene rings is 1. The van der Waals surface area contributed by atoms with E-state index in [1.807, 2.05) is 19.9 Å². The van der Waals surface area contributed by atoms with Gasteiger partial charge in [0.2, 0.25) is 0 Å². The second-order valence-corrected chi connectivity index (χ2v) is 4.31. The molecule has 0 atom stereocenters. The van der Waals surface area contributed by atoms with E-state index >= 15 is 0 Å². The molecule has 0 aliphatic rings. The Bertz CT molecular complexity index is 501. The number of ether oxygens (including phenoxy) is 1. The van der Waals surface area contributed by atoms with Crippen molar-refractivity contribution in [1.29, 1.82) is 0 Å². The van der Waals surface area contributed by atoms with Crippen LogP contribution in [0.15, 0.2) is 18.2 Å². The lowest BCUT2D eigenvalue weighted by Crippen LogP contribution is -2.21. The van der Waals surface area contributed by atoms with Crippen LogP contribution in [0.5, 0.6) is 5.75 Å². The van der Waals surface area contributed by atoms with Crippen molar-refractivity contribution < 1.29 is 9.66 Å². The van der Waals surface area contributed by atoms with Gasteiger partial charge in [-0.25, -0.2) is 0 Å². The minimum absolute atomic E-state index is 0.0269. The zero-order chi connectivity index (χ0) is 14.3. The molecule has 0 aromatic heterocycles. The highest BCUT2D eigenvalue weighted by Crippen LogP contribution is 2.27. The summed E-state index contributed by atoms with van der Waals surface area (Å²) in [6.45, 7) is 6.48. The third kappa shape index (κ3) is 4.98. The highest BCUT2D eigenvalue weighted by atomic mass is 16.6. The van der Waals surface area contributed by atoms with Crippen LogP contribution in [0.25, 0.3) is 0 Å². The molecule has 5 nitrogen and oxygen atoms in total. The smallest absolute Gasteiger partial charge is 0.311 e. The molecule has 0 aliphatic carbocycles. The number of nitrogens with one attached hydrogen (secondary N) is 1. The molecule has 0 heterocycles. The van der Waals surface area contributed by atoms with E-state index < -0.39 is 4.92 Å². The summed E-state index contributed by atoms with van der Waals surface area (Å²) in [7, 11) is 0. The van der Waals surface area contributed by atoms with E-state index in [4.69, 9.17) is 4.74 Å². The fourth-order valence-corrected chi connectivity index (χ4v) is 1.45. The van der Waals surface area contributed by atoms with Crippen molar-refractivity contribution in [3.05, 3.63) is 33.9 Å². The number of nitrogens with zero attached hydrogens (tertiary/aromatic N) is 1. The maximum Gasteiger partial charge on any atom is 0.311 e. The maximum atomic E-state index is 11.0. The molecule has 1 N–H and O–H groups in total. The molecule has 0 aliphatic heterocycles. The van der Waals surface area contributed by atoms with Crippen molar-refractivity contribution in [3.63, 3.8) is 0 Å². The van der Waals surface area contributed by atoms with Gasteiger partial charge in [0.1, 0.15) is 6.61 Å². The molecule has 1 aromatic carbocycles. The van der Waals surface area contributed by atoms with Crippen LogP contribution in [0.4, 0.5) is 5.69 Å². The third-order valence-electron chi connectivity index (χ3n) is 2.41. The van der Waals surface area contributed by atoms with Crippen LogP contribution in [0.2, 0.25) is 0 Å². The van der Waals surface area contributed by atoms with Crippen LogP contribution < -0.4 is 10.1 Å². The van der Waals surface area contributed by atoms with Crippen molar-refractivity contribution in [3.8, 4) is 17.6 Å². The van der Waals surface area contributed by atoms with Gasteiger partial charge in [0.05, 0.1) is 4.92 Å². The van der Waals surface area contributed by atoms with Crippen LogP contribution in [0, 0.1) is 22.0 Å². The van der Waals surface area contributed by atoms with E-state index in [0.29, 0.717) is 12.6 Å². The minimum atomic E-state index is -0.437. The quantitative estimate of drug-likeness (QED) is 0.486. The van der Waals surface area contributed by atoms with Crippen molar-refractivity contribution in [2.75, 3.05) is 6.61 Å². The lowest BCUT2D eigenvalue weighted by molar-refractivity contribution is -0.385. The molecule has 102 valence electrons. The molecule has 1 rings (SSSR count). The number of nitro benzene ring substituents is 1. The molecular weight excluding hydrogens is 244 g/mol. The first kappa shape index (κ1) is 15.0. The Morgan fingerprint density at radius 3 is 2.79 bits per heavy atom. The third-order valence-corrected chi connectivity index (χ3v) is 2.41. The summed E-state index contributed by atoms with van der Waals surface area (Å²) in [4.78, 5) is 10.6. The van der Waals surface area contributed by atoms with Gasteiger partial charge in [-0.15, -0.1) is 5.92 Å². The van der Waals surface area contributed by atoms with E-state index in [0.717, 1.165) is 5.56 Å². The summed E-state index contributed by atoms with van der Waals surface area (Å²) < 4.78 is 5.28. The van der Waals surface area contributed by atoms with Crippen molar-refractivity contribution >= 4 is 5.69 Å². The van der Waals surface area contributed by atoms with E-state index in [1.165, 1.54) is 6.07 Å². The zero-order valence-electron chi connectivity index (χ0n) is 11.4. The molecule has 0 fully saturated rings. The van der Waals surface area contributed by atoms with Crippen LogP contribution in [0.1, 0.15) is 26.3 Å². The fraction of sp³-hybridized carbons (Fsp3) is 0.429. The first-order valence-corrected chi connectivity index (χ1v) is 6.07. The van der Waals surface area contributed by atoms with E-state index in [-0.39, 0.29) is 18.0 Å². The lowest BCUT2D eigenvalue weighted by Gasteiger charge is -2.09. The molecule has 5 heteroatoms. The van der Waals surface area contributed by atoms with Gasteiger partial charge in [-0.05, 0) is 18.6 Å². The largest absolute Gasteiger partial charge is 0.474 e. The van der Waals surface area contributed by atoms with Gasteiger partial charge >= 0.3 is 5.69 Å². The van der Waals surface area contributed by atoms with Gasteiger partial charge in [0.15, 0.2) is 5.75 Å². The maximum absolute atomic E-state index is 11.0. The van der Waals surface area contributed by atoms with Crippen LogP contribution in [-0.2, 0) is 6.54 Å². The second-order valence-electron chi connectivity index (χ2n) is 4.31. The first-order chi connectivity index (χ1) is 9.04. The van der Waals surface area contributed by atoms with Gasteiger partial charge in [0, 0.05) is 18.7 Å². The molecule has 0 radical (unpaired) electrons. The molecule has 1 aromatic rings. The average molecular weight is 262 g/mol. The Hall–Kier alpha value is -2.06. The zero-order valence-corrected chi connectivity index (χ0v) is 11.4. The first-order valence-electron chi connectivity index (χ1n) is 6.07. The predicted molar refractivity (Wildman–Crippen MR) is 74.0 cm³/mol. The summed E-state index contributed by atoms with van der Waals surface area (Å²) >= 11 is 0. The Morgan fingerprint density at radius 2 is 2.21 bits per heavy atom. The number of rotatable bonds is 6. The van der Waals surface area contributed by atoms with Crippen molar-refractivity contribution in [2.24, 2.45) is 0 Å². The molecular formula is C14H18N2O3. The number of hydrogen-bond acceptors (Lipinski definition) is 4. The molecule has 0 saturated heterocycles. The highest BCUT2D eigenvalue weighted by molar-refractivity contribution is 5.48. The summed E-state index contributed by atoms with van der Waals surface area (Å²) in [5, 5.41) is 14.2. The molecule has 0 amide bonds. The lowest BCUT2D eigenvalue weighted by atomic mass is 10.2. The summed E-state index contributed by atoms with van der Waals surface area (Å²) in [5.74, 6) is 5.64. The Balaban J connectivity index is 2.87. The number of hydrogen-bond donors (Lipinski definition) is 1. The number of nitro groups is 1. The van der Waals surface area contributed by atoms with Gasteiger partial charge < -0.3 is 10.1 Å². The van der Waals surface area contributed by atoms with E-state index in [9.17, 15) is 10.1 Å². The van der Waals surface area contributed by atoms with Gasteiger partial charge in [0.25, 0.3) is 0 Å². The Kier molecular flexibility index (Phi) is 5.83. The van der Waals surface area contributed by atoms with Gasteiger partial charge in [-0.2, -0.15) is 0 Å². The summed E-state index contributed by atoms with van der Waals surface area (Å²) in [6.07, 6.45) is 0. The van der Waals surface area contributed by atoms with Crippen molar-refractivity contribution in [1.82, 2.24) is 5.32 Å². The highest BCUT2D eigenvalue weighted by Gasteiger charge is 2.15. The van der Waals surface area contributed by atoms with Gasteiger partial charge in [-0.1, -0.05) is 25.8 Å². The molecule has 0 spiro atoms. The standard InChI is InChI=1S/C14H18N2O3/c1-4-5-8-19-14-7-6-12(10-15-11(2)3)9-13(14)16(17)18/h6-7,9,11,15H,8,10H2,1-3H3. The Morgan fingerprint density at radius 1 is 1.47 bits per heavy atom. The average Bonchev–Trinajstić information content (AvgIpc) is 2.37. The predicted octanol–water partition coefficient (Wildman–Crippen LogP) is 2.49. The van der Waals surface area contributed by atoms with Gasteiger partial charge in [-0.3, -0.25) is 10.1 Å². The van der Waals surface area contributed by atoms with Crippen molar-refractivity contribution in [2.45, 2.75) is 33.4 Å². The normalized spacial score (nSPS) is 9.89. The van der Waals surface area contributed by atoms with E-state index in [2.05, 4.69) is 17.2 Å². The van der Waals surface area contributed by atoms with E-state index in [1.54, 1.807) is 13.0 Å².